The third-order valence-electron chi connectivity index (χ3n) is 3.27. The van der Waals surface area contributed by atoms with E-state index in [1.54, 1.807) is 25.3 Å². The quantitative estimate of drug-likeness (QED) is 0.701. The van der Waals surface area contributed by atoms with Gasteiger partial charge in [0.05, 0.1) is 12.8 Å². The summed E-state index contributed by atoms with van der Waals surface area (Å²) in [7, 11) is 1.60. The summed E-state index contributed by atoms with van der Waals surface area (Å²) in [6.45, 7) is 0. The molecule has 0 aromatic heterocycles. The van der Waals surface area contributed by atoms with Crippen molar-refractivity contribution in [1.29, 1.82) is 0 Å². The standard InChI is InChI=1S/C17H14ClNO2/c1-20-11-6-8-15(19)17(10-11)21-16-9-7-14(18)12-4-2-3-5-13(12)16/h2-10H,19H2,1H3. The highest BCUT2D eigenvalue weighted by Crippen LogP contribution is 2.37. The van der Waals surface area contributed by atoms with Crippen LogP contribution in [-0.2, 0) is 0 Å². The van der Waals surface area contributed by atoms with Crippen molar-refractivity contribution in [2.75, 3.05) is 12.8 Å². The molecule has 3 aromatic rings. The van der Waals surface area contributed by atoms with Crippen LogP contribution in [-0.4, -0.2) is 7.11 Å². The van der Waals surface area contributed by atoms with Crippen molar-refractivity contribution >= 4 is 28.1 Å². The summed E-state index contributed by atoms with van der Waals surface area (Å²) in [5.41, 5.74) is 6.51. The molecule has 0 aliphatic carbocycles. The Balaban J connectivity index is 2.08. The van der Waals surface area contributed by atoms with Crippen LogP contribution in [0.4, 0.5) is 5.69 Å². The molecule has 4 heteroatoms. The second-order valence-electron chi connectivity index (χ2n) is 4.60. The Morgan fingerprint density at radius 1 is 0.905 bits per heavy atom. The van der Waals surface area contributed by atoms with E-state index in [4.69, 9.17) is 26.8 Å². The van der Waals surface area contributed by atoms with Crippen LogP contribution in [0.25, 0.3) is 10.8 Å². The first-order chi connectivity index (χ1) is 10.2. The average Bonchev–Trinajstić information content (AvgIpc) is 2.52. The molecule has 0 unspecified atom stereocenters. The van der Waals surface area contributed by atoms with Gasteiger partial charge in [-0.3, -0.25) is 0 Å². The molecule has 0 aliphatic heterocycles. The first-order valence-corrected chi connectivity index (χ1v) is 6.85. The highest BCUT2D eigenvalue weighted by molar-refractivity contribution is 6.35. The first-order valence-electron chi connectivity index (χ1n) is 6.47. The van der Waals surface area contributed by atoms with Crippen LogP contribution in [0.3, 0.4) is 0 Å². The minimum atomic E-state index is 0.551. The second kappa shape index (κ2) is 5.54. The number of halogens is 1. The SMILES string of the molecule is COc1ccc(N)c(Oc2ccc(Cl)c3ccccc23)c1. The lowest BCUT2D eigenvalue weighted by molar-refractivity contribution is 0.410. The van der Waals surface area contributed by atoms with Crippen molar-refractivity contribution in [2.45, 2.75) is 0 Å². The Morgan fingerprint density at radius 2 is 1.67 bits per heavy atom. The lowest BCUT2D eigenvalue weighted by Gasteiger charge is -2.12. The number of nitrogens with two attached hydrogens (primary N) is 1. The zero-order valence-electron chi connectivity index (χ0n) is 11.5. The highest BCUT2D eigenvalue weighted by Gasteiger charge is 2.09. The van der Waals surface area contributed by atoms with E-state index in [-0.39, 0.29) is 0 Å². The molecular formula is C17H14ClNO2. The van der Waals surface area contributed by atoms with Gasteiger partial charge in [0, 0.05) is 21.9 Å². The van der Waals surface area contributed by atoms with Crippen LogP contribution >= 0.6 is 11.6 Å². The van der Waals surface area contributed by atoms with E-state index in [1.807, 2.05) is 36.4 Å². The van der Waals surface area contributed by atoms with Gasteiger partial charge in [-0.05, 0) is 24.3 Å². The largest absolute Gasteiger partial charge is 0.497 e. The third-order valence-corrected chi connectivity index (χ3v) is 3.60. The van der Waals surface area contributed by atoms with Crippen molar-refractivity contribution < 1.29 is 9.47 Å². The number of ether oxygens (including phenoxy) is 2. The van der Waals surface area contributed by atoms with Crippen molar-refractivity contribution in [3.8, 4) is 17.2 Å². The van der Waals surface area contributed by atoms with Crippen LogP contribution in [0.2, 0.25) is 5.02 Å². The van der Waals surface area contributed by atoms with Crippen LogP contribution in [0, 0.1) is 0 Å². The highest BCUT2D eigenvalue weighted by atomic mass is 35.5. The minimum Gasteiger partial charge on any atom is -0.497 e. The normalized spacial score (nSPS) is 10.6. The van der Waals surface area contributed by atoms with Crippen molar-refractivity contribution in [1.82, 2.24) is 0 Å². The minimum absolute atomic E-state index is 0.551. The molecule has 0 radical (unpaired) electrons. The van der Waals surface area contributed by atoms with Crippen LogP contribution in [0.1, 0.15) is 0 Å². The molecule has 21 heavy (non-hydrogen) atoms. The first kappa shape index (κ1) is 13.6. The molecule has 0 saturated carbocycles. The molecule has 2 N–H and O–H groups in total. The number of rotatable bonds is 3. The monoisotopic (exact) mass is 299 g/mol. The summed E-state index contributed by atoms with van der Waals surface area (Å²) in [6, 6.07) is 16.8. The number of methoxy groups -OCH3 is 1. The molecule has 3 rings (SSSR count). The zero-order valence-corrected chi connectivity index (χ0v) is 12.2. The molecule has 0 heterocycles. The van der Waals surface area contributed by atoms with Crippen LogP contribution in [0.5, 0.6) is 17.2 Å². The molecule has 0 aliphatic rings. The van der Waals surface area contributed by atoms with Crippen molar-refractivity contribution in [3.05, 3.63) is 59.6 Å². The van der Waals surface area contributed by atoms with Gasteiger partial charge in [0.25, 0.3) is 0 Å². The van der Waals surface area contributed by atoms with Gasteiger partial charge >= 0.3 is 0 Å². The number of hydrogen-bond acceptors (Lipinski definition) is 3. The fourth-order valence-corrected chi connectivity index (χ4v) is 2.40. The molecule has 0 bridgehead atoms. The van der Waals surface area contributed by atoms with Crippen LogP contribution in [0.15, 0.2) is 54.6 Å². The van der Waals surface area contributed by atoms with Crippen molar-refractivity contribution in [2.24, 2.45) is 0 Å². The van der Waals surface area contributed by atoms with E-state index in [0.717, 1.165) is 10.8 Å². The maximum atomic E-state index is 6.21. The Labute approximate surface area is 127 Å². The molecule has 0 saturated heterocycles. The molecule has 106 valence electrons. The average molecular weight is 300 g/mol. The smallest absolute Gasteiger partial charge is 0.154 e. The lowest BCUT2D eigenvalue weighted by Crippen LogP contribution is -1.94. The van der Waals surface area contributed by atoms with Gasteiger partial charge in [0.2, 0.25) is 0 Å². The van der Waals surface area contributed by atoms with Crippen LogP contribution < -0.4 is 15.2 Å². The molecule has 3 aromatic carbocycles. The molecule has 0 fully saturated rings. The summed E-state index contributed by atoms with van der Waals surface area (Å²) < 4.78 is 11.2. The van der Waals surface area contributed by atoms with E-state index in [1.165, 1.54) is 0 Å². The Kier molecular flexibility index (Phi) is 3.59. The van der Waals surface area contributed by atoms with Gasteiger partial charge in [-0.1, -0.05) is 35.9 Å². The Bertz CT molecular complexity index is 802. The van der Waals surface area contributed by atoms with Gasteiger partial charge < -0.3 is 15.2 Å². The predicted molar refractivity (Wildman–Crippen MR) is 86.4 cm³/mol. The maximum absolute atomic E-state index is 6.21. The van der Waals surface area contributed by atoms with Gasteiger partial charge in [-0.15, -0.1) is 0 Å². The molecular weight excluding hydrogens is 286 g/mol. The second-order valence-corrected chi connectivity index (χ2v) is 5.00. The summed E-state index contributed by atoms with van der Waals surface area (Å²) in [4.78, 5) is 0. The van der Waals surface area contributed by atoms with Gasteiger partial charge in [-0.25, -0.2) is 0 Å². The fourth-order valence-electron chi connectivity index (χ4n) is 2.17. The topological polar surface area (TPSA) is 44.5 Å². The van der Waals surface area contributed by atoms with E-state index in [9.17, 15) is 0 Å². The summed E-state index contributed by atoms with van der Waals surface area (Å²) in [5.74, 6) is 1.95. The van der Waals surface area contributed by atoms with Gasteiger partial charge in [0.1, 0.15) is 11.5 Å². The fraction of sp³-hybridized carbons (Fsp3) is 0.0588. The predicted octanol–water partition coefficient (Wildman–Crippen LogP) is 4.88. The third kappa shape index (κ3) is 2.60. The summed E-state index contributed by atoms with van der Waals surface area (Å²) >= 11 is 6.21. The molecule has 0 amide bonds. The summed E-state index contributed by atoms with van der Waals surface area (Å²) in [6.07, 6.45) is 0. The van der Waals surface area contributed by atoms with Gasteiger partial charge in [0.15, 0.2) is 5.75 Å². The number of anilines is 1. The molecule has 0 atom stereocenters. The molecule has 0 spiro atoms. The van der Waals surface area contributed by atoms with Crippen molar-refractivity contribution in [3.63, 3.8) is 0 Å². The summed E-state index contributed by atoms with van der Waals surface area (Å²) in [5, 5.41) is 2.57. The number of nitrogen functional groups attached to an aromatic ring is 1. The van der Waals surface area contributed by atoms with E-state index < -0.39 is 0 Å². The number of benzene rings is 3. The number of fused-ring (bicyclic) bond motifs is 1. The number of hydrogen-bond donors (Lipinski definition) is 1. The zero-order chi connectivity index (χ0) is 14.8. The van der Waals surface area contributed by atoms with E-state index in [0.29, 0.717) is 28.0 Å². The Hall–Kier alpha value is -2.39. The molecule has 3 nitrogen and oxygen atoms in total. The van der Waals surface area contributed by atoms with Gasteiger partial charge in [-0.2, -0.15) is 0 Å². The van der Waals surface area contributed by atoms with E-state index >= 15 is 0 Å². The maximum Gasteiger partial charge on any atom is 0.154 e. The Morgan fingerprint density at radius 3 is 2.43 bits per heavy atom. The lowest BCUT2D eigenvalue weighted by atomic mass is 10.1. The van der Waals surface area contributed by atoms with E-state index in [2.05, 4.69) is 0 Å².